The van der Waals surface area contributed by atoms with E-state index in [9.17, 15) is 0 Å². The molecule has 0 aliphatic carbocycles. The first-order chi connectivity index (χ1) is 10.3. The predicted octanol–water partition coefficient (Wildman–Crippen LogP) is 3.84. The average molecular weight is 275 g/mol. The number of hydrogen-bond acceptors (Lipinski definition) is 3. The molecule has 3 N–H and O–H groups in total. The summed E-state index contributed by atoms with van der Waals surface area (Å²) in [6, 6.07) is 16.4. The third-order valence-electron chi connectivity index (χ3n) is 4.14. The number of aromatic nitrogens is 1. The highest BCUT2D eigenvalue weighted by Gasteiger charge is 2.18. The molecule has 3 heteroatoms. The Bertz CT molecular complexity index is 824. The number of nitrogens with one attached hydrogen (secondary N) is 1. The molecule has 4 rings (SSSR count). The van der Waals surface area contributed by atoms with Gasteiger partial charge in [-0.3, -0.25) is 0 Å². The largest absolute Gasteiger partial charge is 0.398 e. The average Bonchev–Trinajstić information content (AvgIpc) is 2.51. The van der Waals surface area contributed by atoms with Crippen molar-refractivity contribution in [3.63, 3.8) is 0 Å². The Morgan fingerprint density at radius 3 is 2.76 bits per heavy atom. The number of rotatable bonds is 0. The molecule has 1 aliphatic heterocycles. The second kappa shape index (κ2) is 4.77. The maximum absolute atomic E-state index is 6.46. The van der Waals surface area contributed by atoms with Crippen molar-refractivity contribution in [2.45, 2.75) is 12.8 Å². The molecule has 3 nitrogen and oxygen atoms in total. The fourth-order valence-corrected chi connectivity index (χ4v) is 3.08. The van der Waals surface area contributed by atoms with Gasteiger partial charge in [0.15, 0.2) is 0 Å². The van der Waals surface area contributed by atoms with Crippen molar-refractivity contribution < 1.29 is 0 Å². The van der Waals surface area contributed by atoms with E-state index < -0.39 is 0 Å². The molecular weight excluding hydrogens is 258 g/mol. The SMILES string of the molecule is Nc1c2c(nc3ccccc13)-c1ccccc1NCCC2. The number of benzene rings is 2. The molecule has 0 saturated carbocycles. The standard InChI is InChI=1S/C18H17N3/c19-17-12-6-1-4-10-16(12)21-18-13-7-2-3-9-15(13)20-11-5-8-14(17)18/h1-4,6-7,9-10,20H,5,8,11H2,(H2,19,21). The summed E-state index contributed by atoms with van der Waals surface area (Å²) < 4.78 is 0. The van der Waals surface area contributed by atoms with Gasteiger partial charge in [0, 0.05) is 34.4 Å². The van der Waals surface area contributed by atoms with Crippen LogP contribution >= 0.6 is 0 Å². The van der Waals surface area contributed by atoms with Gasteiger partial charge in [0.25, 0.3) is 0 Å². The zero-order chi connectivity index (χ0) is 14.2. The third kappa shape index (κ3) is 1.93. The first kappa shape index (κ1) is 12.2. The summed E-state index contributed by atoms with van der Waals surface area (Å²) in [5, 5.41) is 4.55. The minimum absolute atomic E-state index is 0.882. The first-order valence-electron chi connectivity index (χ1n) is 7.35. The van der Waals surface area contributed by atoms with E-state index in [2.05, 4.69) is 35.6 Å². The molecule has 2 heterocycles. The molecule has 0 radical (unpaired) electrons. The van der Waals surface area contributed by atoms with Gasteiger partial charge in [-0.15, -0.1) is 0 Å². The van der Waals surface area contributed by atoms with Gasteiger partial charge in [-0.05, 0) is 25.0 Å². The Labute approximate surface area is 123 Å². The fourth-order valence-electron chi connectivity index (χ4n) is 3.08. The minimum Gasteiger partial charge on any atom is -0.398 e. The Hall–Kier alpha value is -2.55. The molecule has 0 fully saturated rings. The second-order valence-corrected chi connectivity index (χ2v) is 5.45. The zero-order valence-corrected chi connectivity index (χ0v) is 11.8. The van der Waals surface area contributed by atoms with E-state index in [1.54, 1.807) is 0 Å². The van der Waals surface area contributed by atoms with Crippen LogP contribution in [0.25, 0.3) is 22.2 Å². The Balaban J connectivity index is 2.09. The van der Waals surface area contributed by atoms with Crippen LogP contribution in [-0.4, -0.2) is 11.5 Å². The van der Waals surface area contributed by atoms with Gasteiger partial charge in [-0.25, -0.2) is 4.98 Å². The number of nitrogens with two attached hydrogens (primary N) is 1. The van der Waals surface area contributed by atoms with Crippen molar-refractivity contribution in [2.75, 3.05) is 17.6 Å². The molecule has 104 valence electrons. The van der Waals surface area contributed by atoms with E-state index in [1.165, 1.54) is 5.56 Å². The molecule has 0 spiro atoms. The van der Waals surface area contributed by atoms with Gasteiger partial charge in [0.1, 0.15) is 0 Å². The van der Waals surface area contributed by atoms with Crippen molar-refractivity contribution in [3.05, 3.63) is 54.1 Å². The van der Waals surface area contributed by atoms with E-state index in [0.29, 0.717) is 0 Å². The van der Waals surface area contributed by atoms with Gasteiger partial charge in [0.2, 0.25) is 0 Å². The van der Waals surface area contributed by atoms with Crippen LogP contribution in [0.4, 0.5) is 11.4 Å². The first-order valence-corrected chi connectivity index (χ1v) is 7.35. The molecule has 1 aliphatic rings. The van der Waals surface area contributed by atoms with Crippen molar-refractivity contribution >= 4 is 22.3 Å². The highest BCUT2D eigenvalue weighted by atomic mass is 14.9. The summed E-state index contributed by atoms with van der Waals surface area (Å²) in [6.45, 7) is 0.961. The lowest BCUT2D eigenvalue weighted by Crippen LogP contribution is -2.11. The normalized spacial score (nSPS) is 13.7. The number of anilines is 2. The molecule has 3 aromatic rings. The van der Waals surface area contributed by atoms with Crippen molar-refractivity contribution in [1.29, 1.82) is 0 Å². The number of para-hydroxylation sites is 2. The molecule has 0 saturated heterocycles. The summed E-state index contributed by atoms with van der Waals surface area (Å²) in [6.07, 6.45) is 2.02. The summed E-state index contributed by atoms with van der Waals surface area (Å²) >= 11 is 0. The van der Waals surface area contributed by atoms with Crippen LogP contribution in [0.15, 0.2) is 48.5 Å². The van der Waals surface area contributed by atoms with Crippen LogP contribution in [-0.2, 0) is 6.42 Å². The minimum atomic E-state index is 0.882. The topological polar surface area (TPSA) is 50.9 Å². The molecule has 0 bridgehead atoms. The van der Waals surface area contributed by atoms with Crippen molar-refractivity contribution in [1.82, 2.24) is 4.98 Å². The Morgan fingerprint density at radius 1 is 1.00 bits per heavy atom. The van der Waals surface area contributed by atoms with Crippen LogP contribution < -0.4 is 11.1 Å². The lowest BCUT2D eigenvalue weighted by atomic mass is 9.95. The molecule has 0 atom stereocenters. The van der Waals surface area contributed by atoms with Crippen LogP contribution in [0.5, 0.6) is 0 Å². The van der Waals surface area contributed by atoms with Gasteiger partial charge in [0.05, 0.1) is 11.2 Å². The maximum atomic E-state index is 6.46. The van der Waals surface area contributed by atoms with E-state index in [4.69, 9.17) is 10.7 Å². The van der Waals surface area contributed by atoms with Crippen molar-refractivity contribution in [2.24, 2.45) is 0 Å². The number of nitrogens with zero attached hydrogens (tertiary/aromatic N) is 1. The van der Waals surface area contributed by atoms with Crippen LogP contribution in [0.1, 0.15) is 12.0 Å². The van der Waals surface area contributed by atoms with E-state index in [1.807, 2.05) is 18.2 Å². The van der Waals surface area contributed by atoms with Crippen LogP contribution in [0.3, 0.4) is 0 Å². The molecule has 0 unspecified atom stereocenters. The van der Waals surface area contributed by atoms with Crippen LogP contribution in [0, 0.1) is 0 Å². The Kier molecular flexibility index (Phi) is 2.78. The maximum Gasteiger partial charge on any atom is 0.0783 e. The van der Waals surface area contributed by atoms with Gasteiger partial charge < -0.3 is 11.1 Å². The zero-order valence-electron chi connectivity index (χ0n) is 11.8. The summed E-state index contributed by atoms with van der Waals surface area (Å²) in [5.74, 6) is 0. The van der Waals surface area contributed by atoms with Gasteiger partial charge >= 0.3 is 0 Å². The Morgan fingerprint density at radius 2 is 1.81 bits per heavy atom. The van der Waals surface area contributed by atoms with E-state index in [0.717, 1.165) is 52.9 Å². The highest BCUT2D eigenvalue weighted by Crippen LogP contribution is 2.37. The smallest absolute Gasteiger partial charge is 0.0783 e. The molecule has 1 aromatic heterocycles. The molecule has 21 heavy (non-hydrogen) atoms. The number of pyridine rings is 1. The quantitative estimate of drug-likeness (QED) is 0.655. The van der Waals surface area contributed by atoms with E-state index >= 15 is 0 Å². The lowest BCUT2D eigenvalue weighted by Gasteiger charge is -2.20. The lowest BCUT2D eigenvalue weighted by molar-refractivity contribution is 0.858. The second-order valence-electron chi connectivity index (χ2n) is 5.45. The summed E-state index contributed by atoms with van der Waals surface area (Å²) in [7, 11) is 0. The molecule has 2 aromatic carbocycles. The number of fused-ring (bicyclic) bond motifs is 4. The van der Waals surface area contributed by atoms with Crippen LogP contribution in [0.2, 0.25) is 0 Å². The fraction of sp³-hybridized carbons (Fsp3) is 0.167. The summed E-state index contributed by atoms with van der Waals surface area (Å²) in [5.41, 5.74) is 12.8. The highest BCUT2D eigenvalue weighted by molar-refractivity contribution is 5.96. The monoisotopic (exact) mass is 275 g/mol. The van der Waals surface area contributed by atoms with Gasteiger partial charge in [-0.1, -0.05) is 36.4 Å². The third-order valence-corrected chi connectivity index (χ3v) is 4.14. The molecular formula is C18H17N3. The molecule has 0 amide bonds. The number of nitrogen functional groups attached to an aromatic ring is 1. The van der Waals surface area contributed by atoms with E-state index in [-0.39, 0.29) is 0 Å². The van der Waals surface area contributed by atoms with Crippen molar-refractivity contribution in [3.8, 4) is 11.3 Å². The summed E-state index contributed by atoms with van der Waals surface area (Å²) in [4.78, 5) is 4.90. The number of hydrogen-bond donors (Lipinski definition) is 2. The van der Waals surface area contributed by atoms with Gasteiger partial charge in [-0.2, -0.15) is 0 Å². The predicted molar refractivity (Wildman–Crippen MR) is 88.4 cm³/mol.